The molecule has 0 bridgehead atoms. The molecule has 0 spiro atoms. The number of halogens is 1. The van der Waals surface area contributed by atoms with E-state index in [0.29, 0.717) is 5.56 Å². The molecule has 18 heavy (non-hydrogen) atoms. The zero-order valence-electron chi connectivity index (χ0n) is 9.44. The van der Waals surface area contributed by atoms with Gasteiger partial charge in [-0.25, -0.2) is 0 Å². The Hall–Kier alpha value is -2.05. The number of benzene rings is 2. The second-order valence-electron chi connectivity index (χ2n) is 4.08. The van der Waals surface area contributed by atoms with E-state index in [0.717, 1.165) is 26.6 Å². The molecule has 3 aromatic rings. The highest BCUT2D eigenvalue weighted by molar-refractivity contribution is 9.10. The number of aromatic nitrogens is 1. The van der Waals surface area contributed by atoms with Gasteiger partial charge in [0.25, 0.3) is 0 Å². The second kappa shape index (κ2) is 4.32. The third-order valence-electron chi connectivity index (χ3n) is 2.91. The van der Waals surface area contributed by atoms with Crippen LogP contribution in [0.15, 0.2) is 53.0 Å². The summed E-state index contributed by atoms with van der Waals surface area (Å²) >= 11 is 3.55. The van der Waals surface area contributed by atoms with Gasteiger partial charge in [-0.3, -0.25) is 0 Å². The lowest BCUT2D eigenvalue weighted by Gasteiger charge is -2.00. The first-order valence-electron chi connectivity index (χ1n) is 5.56. The summed E-state index contributed by atoms with van der Waals surface area (Å²) in [7, 11) is 0. The van der Waals surface area contributed by atoms with Crippen molar-refractivity contribution in [1.29, 1.82) is 5.26 Å². The van der Waals surface area contributed by atoms with Gasteiger partial charge < -0.3 is 4.98 Å². The Kier molecular flexibility index (Phi) is 2.66. The number of rotatable bonds is 1. The Bertz CT molecular complexity index is 766. The largest absolute Gasteiger partial charge is 0.354 e. The zero-order valence-corrected chi connectivity index (χ0v) is 11.0. The predicted octanol–water partition coefficient (Wildman–Crippen LogP) is 4.47. The maximum absolute atomic E-state index is 8.90. The van der Waals surface area contributed by atoms with Crippen LogP contribution in [0.4, 0.5) is 0 Å². The van der Waals surface area contributed by atoms with Crippen LogP contribution in [0.5, 0.6) is 0 Å². The molecule has 0 radical (unpaired) electrons. The lowest BCUT2D eigenvalue weighted by molar-refractivity contribution is 1.44. The van der Waals surface area contributed by atoms with E-state index >= 15 is 0 Å². The first-order valence-corrected chi connectivity index (χ1v) is 6.35. The summed E-state index contributed by atoms with van der Waals surface area (Å²) in [5, 5.41) is 9.95. The van der Waals surface area contributed by atoms with E-state index in [1.165, 1.54) is 0 Å². The van der Waals surface area contributed by atoms with Gasteiger partial charge >= 0.3 is 0 Å². The fraction of sp³-hybridized carbons (Fsp3) is 0. The molecule has 3 heteroatoms. The first-order chi connectivity index (χ1) is 8.78. The molecule has 1 N–H and O–H groups in total. The van der Waals surface area contributed by atoms with Crippen LogP contribution in [0.25, 0.3) is 22.2 Å². The maximum atomic E-state index is 8.90. The van der Waals surface area contributed by atoms with Gasteiger partial charge in [0.05, 0.1) is 11.6 Å². The average molecular weight is 297 g/mol. The van der Waals surface area contributed by atoms with Crippen molar-refractivity contribution in [3.8, 4) is 17.3 Å². The van der Waals surface area contributed by atoms with Crippen molar-refractivity contribution in [1.82, 2.24) is 4.98 Å². The van der Waals surface area contributed by atoms with E-state index in [9.17, 15) is 0 Å². The number of H-pyrrole nitrogens is 1. The highest BCUT2D eigenvalue weighted by Crippen LogP contribution is 2.30. The molecule has 0 atom stereocenters. The van der Waals surface area contributed by atoms with E-state index in [4.69, 9.17) is 5.26 Å². The van der Waals surface area contributed by atoms with Gasteiger partial charge in [0.2, 0.25) is 0 Å². The minimum atomic E-state index is 0.681. The number of nitriles is 1. The number of fused-ring (bicyclic) bond motifs is 1. The molecule has 1 aromatic heterocycles. The summed E-state index contributed by atoms with van der Waals surface area (Å²) in [5.74, 6) is 0. The summed E-state index contributed by atoms with van der Waals surface area (Å²) in [6, 6.07) is 17.9. The molecule has 0 unspecified atom stereocenters. The molecule has 0 aliphatic heterocycles. The fourth-order valence-corrected chi connectivity index (χ4v) is 2.53. The predicted molar refractivity (Wildman–Crippen MR) is 76.1 cm³/mol. The molecular formula is C15H9BrN2. The normalized spacial score (nSPS) is 10.4. The van der Waals surface area contributed by atoms with E-state index < -0.39 is 0 Å². The minimum Gasteiger partial charge on any atom is -0.354 e. The Morgan fingerprint density at radius 1 is 1.06 bits per heavy atom. The summed E-state index contributed by atoms with van der Waals surface area (Å²) in [6.07, 6.45) is 0. The van der Waals surface area contributed by atoms with Crippen molar-refractivity contribution in [2.75, 3.05) is 0 Å². The quantitative estimate of drug-likeness (QED) is 0.707. The molecule has 0 aliphatic carbocycles. The minimum absolute atomic E-state index is 0.681. The van der Waals surface area contributed by atoms with Gasteiger partial charge in [0.1, 0.15) is 0 Å². The Morgan fingerprint density at radius 2 is 1.89 bits per heavy atom. The number of nitrogens with one attached hydrogen (secondary N) is 1. The Morgan fingerprint density at radius 3 is 2.67 bits per heavy atom. The van der Waals surface area contributed by atoms with Crippen LogP contribution >= 0.6 is 15.9 Å². The highest BCUT2D eigenvalue weighted by atomic mass is 79.9. The standard InChI is InChI=1S/C15H9BrN2/c16-13-4-2-1-3-12(13)15-8-11-7-10(9-17)5-6-14(11)18-15/h1-8,18H. The summed E-state index contributed by atoms with van der Waals surface area (Å²) < 4.78 is 1.05. The van der Waals surface area contributed by atoms with E-state index in [2.05, 4.69) is 39.1 Å². The molecular weight excluding hydrogens is 288 g/mol. The van der Waals surface area contributed by atoms with Crippen molar-refractivity contribution in [2.24, 2.45) is 0 Å². The van der Waals surface area contributed by atoms with Crippen molar-refractivity contribution >= 4 is 26.8 Å². The van der Waals surface area contributed by atoms with Crippen molar-refractivity contribution in [3.63, 3.8) is 0 Å². The molecule has 0 fully saturated rings. The fourth-order valence-electron chi connectivity index (χ4n) is 2.03. The lowest BCUT2D eigenvalue weighted by atomic mass is 10.1. The van der Waals surface area contributed by atoms with Crippen molar-refractivity contribution < 1.29 is 0 Å². The van der Waals surface area contributed by atoms with Gasteiger partial charge in [0, 0.05) is 26.6 Å². The lowest BCUT2D eigenvalue weighted by Crippen LogP contribution is -1.78. The molecule has 3 rings (SSSR count). The number of nitrogens with zero attached hydrogens (tertiary/aromatic N) is 1. The number of aromatic amines is 1. The number of hydrogen-bond donors (Lipinski definition) is 1. The summed E-state index contributed by atoms with van der Waals surface area (Å²) in [4.78, 5) is 3.36. The van der Waals surface area contributed by atoms with Crippen LogP contribution in [0.3, 0.4) is 0 Å². The number of hydrogen-bond acceptors (Lipinski definition) is 1. The molecule has 86 valence electrons. The average Bonchev–Trinajstić information content (AvgIpc) is 2.81. The molecule has 2 aromatic carbocycles. The van der Waals surface area contributed by atoms with Crippen molar-refractivity contribution in [2.45, 2.75) is 0 Å². The van der Waals surface area contributed by atoms with Crippen LogP contribution < -0.4 is 0 Å². The molecule has 0 saturated carbocycles. The van der Waals surface area contributed by atoms with E-state index in [1.54, 1.807) is 0 Å². The Labute approximate surface area is 113 Å². The van der Waals surface area contributed by atoms with Gasteiger partial charge in [-0.05, 0) is 30.3 Å². The smallest absolute Gasteiger partial charge is 0.0991 e. The topological polar surface area (TPSA) is 39.6 Å². The van der Waals surface area contributed by atoms with Gasteiger partial charge in [-0.2, -0.15) is 5.26 Å². The molecule has 0 amide bonds. The van der Waals surface area contributed by atoms with Gasteiger partial charge in [-0.1, -0.05) is 34.1 Å². The van der Waals surface area contributed by atoms with Crippen LogP contribution in [-0.2, 0) is 0 Å². The van der Waals surface area contributed by atoms with Crippen molar-refractivity contribution in [3.05, 3.63) is 58.6 Å². The molecule has 0 aliphatic rings. The third-order valence-corrected chi connectivity index (χ3v) is 3.61. The second-order valence-corrected chi connectivity index (χ2v) is 4.93. The highest BCUT2D eigenvalue weighted by Gasteiger charge is 2.06. The zero-order chi connectivity index (χ0) is 12.5. The molecule has 1 heterocycles. The van der Waals surface area contributed by atoms with E-state index in [-0.39, 0.29) is 0 Å². The molecule has 2 nitrogen and oxygen atoms in total. The van der Waals surface area contributed by atoms with Gasteiger partial charge in [0.15, 0.2) is 0 Å². The summed E-state index contributed by atoms with van der Waals surface area (Å²) in [6.45, 7) is 0. The monoisotopic (exact) mass is 296 g/mol. The third kappa shape index (κ3) is 1.81. The van der Waals surface area contributed by atoms with Gasteiger partial charge in [-0.15, -0.1) is 0 Å². The van der Waals surface area contributed by atoms with E-state index in [1.807, 2.05) is 36.4 Å². The molecule has 0 saturated heterocycles. The maximum Gasteiger partial charge on any atom is 0.0991 e. The first kappa shape index (κ1) is 11.1. The Balaban J connectivity index is 2.20. The summed E-state index contributed by atoms with van der Waals surface area (Å²) in [5.41, 5.74) is 3.89. The SMILES string of the molecule is N#Cc1ccc2[nH]c(-c3ccccc3Br)cc2c1. The van der Waals surface area contributed by atoms with Crippen LogP contribution in [-0.4, -0.2) is 4.98 Å². The van der Waals surface area contributed by atoms with Crippen LogP contribution in [0.2, 0.25) is 0 Å². The van der Waals surface area contributed by atoms with Crippen LogP contribution in [0.1, 0.15) is 5.56 Å². The van der Waals surface area contributed by atoms with Crippen LogP contribution in [0, 0.1) is 11.3 Å².